The van der Waals surface area contributed by atoms with Gasteiger partial charge in [-0.15, -0.1) is 0 Å². The predicted octanol–water partition coefficient (Wildman–Crippen LogP) is 5.43. The second kappa shape index (κ2) is 10.3. The number of amides is 1. The van der Waals surface area contributed by atoms with Crippen LogP contribution in [0, 0.1) is 0 Å². The fraction of sp³-hybridized carbons (Fsp3) is 0.240. The Kier molecular flexibility index (Phi) is 7.96. The van der Waals surface area contributed by atoms with Gasteiger partial charge in [0.2, 0.25) is 15.7 Å². The molecule has 3 aromatic rings. The summed E-state index contributed by atoms with van der Waals surface area (Å²) in [6, 6.07) is 11.1. The molecule has 0 aromatic heterocycles. The van der Waals surface area contributed by atoms with E-state index in [-0.39, 0.29) is 5.56 Å². The molecular formula is C25H21F6NO5S2. The Morgan fingerprint density at radius 1 is 0.718 bits per heavy atom. The standard InChI is InChI=1S/C25H21F6NO5S2/c1-23(2,39(36,37)20-11-6-9-18(14-20)25(29,30)31)22(33)32-15-16-7-3-4-12-21(16)38(34,35)19-10-5-8-17(13-19)24(26,27)28/h3-14H,15H2,1-2H3,(H,32,33). The van der Waals surface area contributed by atoms with Gasteiger partial charge in [-0.05, 0) is 61.9 Å². The first-order valence-corrected chi connectivity index (χ1v) is 14.0. The highest BCUT2D eigenvalue weighted by atomic mass is 32.2. The SMILES string of the molecule is CC(C)(C(=O)NCc1ccccc1S(=O)(=O)c1cccc(C(F)(F)F)c1)S(=O)(=O)c1cccc(C(F)(F)F)c1. The van der Waals surface area contributed by atoms with E-state index in [0.717, 1.165) is 44.2 Å². The molecule has 0 bridgehead atoms. The molecule has 0 aliphatic carbocycles. The molecule has 14 heteroatoms. The quantitative estimate of drug-likeness (QED) is 0.369. The molecule has 0 aliphatic heterocycles. The number of hydrogen-bond donors (Lipinski definition) is 1. The summed E-state index contributed by atoms with van der Waals surface area (Å²) in [7, 11) is -9.16. The average Bonchev–Trinajstić information content (AvgIpc) is 2.86. The van der Waals surface area contributed by atoms with E-state index in [1.54, 1.807) is 0 Å². The van der Waals surface area contributed by atoms with Crippen LogP contribution >= 0.6 is 0 Å². The van der Waals surface area contributed by atoms with E-state index < -0.39 is 75.0 Å². The third-order valence-corrected chi connectivity index (χ3v) is 10.1. The molecule has 0 spiro atoms. The topological polar surface area (TPSA) is 97.4 Å². The largest absolute Gasteiger partial charge is 0.416 e. The van der Waals surface area contributed by atoms with Crippen molar-refractivity contribution in [3.63, 3.8) is 0 Å². The highest BCUT2D eigenvalue weighted by Gasteiger charge is 2.44. The molecule has 0 radical (unpaired) electrons. The molecule has 1 amide bonds. The number of halogens is 6. The Morgan fingerprint density at radius 3 is 1.74 bits per heavy atom. The van der Waals surface area contributed by atoms with Gasteiger partial charge in [-0.3, -0.25) is 4.79 Å². The Morgan fingerprint density at radius 2 is 1.21 bits per heavy atom. The lowest BCUT2D eigenvalue weighted by Gasteiger charge is -2.24. The second-order valence-corrected chi connectivity index (χ2v) is 13.3. The summed E-state index contributed by atoms with van der Waals surface area (Å²) in [5.41, 5.74) is -2.47. The van der Waals surface area contributed by atoms with Crippen LogP contribution in [0.15, 0.2) is 87.5 Å². The van der Waals surface area contributed by atoms with E-state index in [9.17, 15) is 48.0 Å². The molecule has 0 fully saturated rings. The zero-order valence-electron chi connectivity index (χ0n) is 20.3. The van der Waals surface area contributed by atoms with Crippen LogP contribution in [0.25, 0.3) is 0 Å². The van der Waals surface area contributed by atoms with Crippen LogP contribution in [0.4, 0.5) is 26.3 Å². The lowest BCUT2D eigenvalue weighted by atomic mass is 10.1. The van der Waals surface area contributed by atoms with Crippen molar-refractivity contribution in [2.45, 2.75) is 52.2 Å². The molecule has 0 aliphatic rings. The summed E-state index contributed by atoms with van der Waals surface area (Å²) in [4.78, 5) is 11.1. The van der Waals surface area contributed by atoms with Gasteiger partial charge >= 0.3 is 12.4 Å². The van der Waals surface area contributed by atoms with E-state index >= 15 is 0 Å². The first kappa shape index (κ1) is 30.2. The molecule has 3 rings (SSSR count). The fourth-order valence-electron chi connectivity index (χ4n) is 3.52. The Hall–Kier alpha value is -3.39. The summed E-state index contributed by atoms with van der Waals surface area (Å²) in [6.45, 7) is 1.40. The lowest BCUT2D eigenvalue weighted by molar-refractivity contribution is -0.138. The number of nitrogens with one attached hydrogen (secondary N) is 1. The summed E-state index contributed by atoms with van der Waals surface area (Å²) in [5.74, 6) is -1.15. The average molecular weight is 594 g/mol. The smallest absolute Gasteiger partial charge is 0.351 e. The van der Waals surface area contributed by atoms with E-state index in [0.29, 0.717) is 24.3 Å². The van der Waals surface area contributed by atoms with Crippen molar-refractivity contribution in [2.75, 3.05) is 0 Å². The monoisotopic (exact) mass is 593 g/mol. The van der Waals surface area contributed by atoms with E-state index in [2.05, 4.69) is 5.32 Å². The molecule has 1 N–H and O–H groups in total. The molecule has 6 nitrogen and oxygen atoms in total. The molecule has 0 saturated heterocycles. The number of rotatable bonds is 7. The van der Waals surface area contributed by atoms with E-state index in [4.69, 9.17) is 0 Å². The minimum atomic E-state index is -4.83. The maximum atomic E-state index is 13.2. The maximum absolute atomic E-state index is 13.2. The van der Waals surface area contributed by atoms with E-state index in [1.807, 2.05) is 0 Å². The van der Waals surface area contributed by atoms with Crippen molar-refractivity contribution < 1.29 is 48.0 Å². The third-order valence-electron chi connectivity index (χ3n) is 5.86. The van der Waals surface area contributed by atoms with Gasteiger partial charge in [-0.2, -0.15) is 26.3 Å². The zero-order chi connectivity index (χ0) is 29.4. The van der Waals surface area contributed by atoms with Gasteiger partial charge in [0.25, 0.3) is 0 Å². The molecular weight excluding hydrogens is 572 g/mol. The van der Waals surface area contributed by atoms with Crippen molar-refractivity contribution in [3.05, 3.63) is 89.5 Å². The van der Waals surface area contributed by atoms with Gasteiger partial charge in [0.05, 0.1) is 25.8 Å². The number of hydrogen-bond acceptors (Lipinski definition) is 5. The number of benzene rings is 3. The van der Waals surface area contributed by atoms with Crippen LogP contribution in [-0.4, -0.2) is 27.5 Å². The van der Waals surface area contributed by atoms with Crippen molar-refractivity contribution in [3.8, 4) is 0 Å². The maximum Gasteiger partial charge on any atom is 0.416 e. The van der Waals surface area contributed by atoms with Crippen LogP contribution in [-0.2, 0) is 43.4 Å². The molecule has 0 heterocycles. The van der Waals surface area contributed by atoms with Crippen LogP contribution in [0.1, 0.15) is 30.5 Å². The molecule has 39 heavy (non-hydrogen) atoms. The van der Waals surface area contributed by atoms with Crippen LogP contribution in [0.3, 0.4) is 0 Å². The molecule has 0 unspecified atom stereocenters. The van der Waals surface area contributed by atoms with Gasteiger partial charge in [0.15, 0.2) is 9.84 Å². The van der Waals surface area contributed by atoms with Gasteiger partial charge < -0.3 is 5.32 Å². The predicted molar refractivity (Wildman–Crippen MR) is 128 cm³/mol. The van der Waals surface area contributed by atoms with Gasteiger partial charge in [0.1, 0.15) is 4.75 Å². The number of sulfone groups is 2. The number of alkyl halides is 6. The summed E-state index contributed by atoms with van der Waals surface area (Å²) >= 11 is 0. The molecule has 0 saturated carbocycles. The first-order valence-electron chi connectivity index (χ1n) is 11.0. The zero-order valence-corrected chi connectivity index (χ0v) is 21.9. The lowest BCUT2D eigenvalue weighted by Crippen LogP contribution is -2.47. The first-order chi connectivity index (χ1) is 17.8. The summed E-state index contributed by atoms with van der Waals surface area (Å²) in [6.07, 6.45) is -9.62. The molecule has 0 atom stereocenters. The van der Waals surface area contributed by atoms with Gasteiger partial charge in [-0.25, -0.2) is 16.8 Å². The highest BCUT2D eigenvalue weighted by Crippen LogP contribution is 2.34. The van der Waals surface area contributed by atoms with Crippen LogP contribution in [0.5, 0.6) is 0 Å². The van der Waals surface area contributed by atoms with Gasteiger partial charge in [0, 0.05) is 6.54 Å². The fourth-order valence-corrected chi connectivity index (χ4v) is 6.51. The highest BCUT2D eigenvalue weighted by molar-refractivity contribution is 7.93. The number of carbonyl (C=O) groups is 1. The minimum absolute atomic E-state index is 0.0597. The second-order valence-electron chi connectivity index (χ2n) is 8.86. The van der Waals surface area contributed by atoms with Crippen LogP contribution < -0.4 is 5.32 Å². The van der Waals surface area contributed by atoms with Crippen molar-refractivity contribution in [1.82, 2.24) is 5.32 Å². The van der Waals surface area contributed by atoms with Crippen LogP contribution in [0.2, 0.25) is 0 Å². The van der Waals surface area contributed by atoms with Crippen molar-refractivity contribution >= 4 is 25.6 Å². The Balaban J connectivity index is 1.91. The van der Waals surface area contributed by atoms with E-state index in [1.165, 1.54) is 18.2 Å². The normalized spacial score (nSPS) is 13.2. The summed E-state index contributed by atoms with van der Waals surface area (Å²) in [5, 5.41) is 2.27. The Labute approximate surface area is 220 Å². The molecule has 3 aromatic carbocycles. The third kappa shape index (κ3) is 6.11. The van der Waals surface area contributed by atoms with Crippen molar-refractivity contribution in [1.29, 1.82) is 0 Å². The van der Waals surface area contributed by atoms with Crippen molar-refractivity contribution in [2.24, 2.45) is 0 Å². The van der Waals surface area contributed by atoms with Gasteiger partial charge in [-0.1, -0.05) is 30.3 Å². The minimum Gasteiger partial charge on any atom is -0.351 e. The Bertz CT molecular complexity index is 1610. The number of carbonyl (C=O) groups excluding carboxylic acids is 1. The molecule has 210 valence electrons. The summed E-state index contributed by atoms with van der Waals surface area (Å²) < 4.78 is 129.